The van der Waals surface area contributed by atoms with Crippen LogP contribution in [0, 0.1) is 10.1 Å². The van der Waals surface area contributed by atoms with E-state index in [0.717, 1.165) is 18.2 Å². The Bertz CT molecular complexity index is 1130. The van der Waals surface area contributed by atoms with E-state index < -0.39 is 40.6 Å². The van der Waals surface area contributed by atoms with Crippen molar-refractivity contribution in [3.63, 3.8) is 0 Å². The zero-order chi connectivity index (χ0) is 19.7. The first-order valence-electron chi connectivity index (χ1n) is 6.59. The van der Waals surface area contributed by atoms with Crippen LogP contribution in [-0.4, -0.2) is 30.9 Å². The van der Waals surface area contributed by atoms with Crippen LogP contribution >= 0.6 is 15.9 Å². The summed E-state index contributed by atoms with van der Waals surface area (Å²) in [5.74, 6) is 0. The van der Waals surface area contributed by atoms with Crippen LogP contribution in [0.5, 0.6) is 0 Å². The molecule has 0 aliphatic heterocycles. The van der Waals surface area contributed by atoms with Gasteiger partial charge in [0.05, 0.1) is 9.82 Å². The Morgan fingerprint density at radius 3 is 2.19 bits per heavy atom. The third-order valence-electron chi connectivity index (χ3n) is 3.18. The van der Waals surface area contributed by atoms with E-state index >= 15 is 0 Å². The Balaban J connectivity index is 0.00000364. The molecule has 0 amide bonds. The summed E-state index contributed by atoms with van der Waals surface area (Å²) in [6.45, 7) is 0. The molecule has 2 aromatic rings. The van der Waals surface area contributed by atoms with Crippen molar-refractivity contribution in [2.24, 2.45) is 0 Å². The number of nitrogens with zero attached hydrogens (tertiary/aromatic N) is 1. The molecule has 0 unspecified atom stereocenters. The molecule has 0 spiro atoms. The molecule has 138 valence electrons. The van der Waals surface area contributed by atoms with Crippen molar-refractivity contribution < 1.29 is 82.2 Å². The van der Waals surface area contributed by atoms with Crippen LogP contribution in [0.1, 0.15) is 11.1 Å². The van der Waals surface area contributed by atoms with Gasteiger partial charge in [-0.25, -0.2) is 8.42 Å². The molecule has 0 saturated heterocycles. The second-order valence-electron chi connectivity index (χ2n) is 4.90. The Hall–Kier alpha value is -0.484. The molecule has 0 saturated carbocycles. The van der Waals surface area contributed by atoms with Crippen molar-refractivity contribution in [2.45, 2.75) is 9.79 Å². The van der Waals surface area contributed by atoms with E-state index in [0.29, 0.717) is 6.07 Å². The van der Waals surface area contributed by atoms with Crippen molar-refractivity contribution in [3.05, 3.63) is 63.7 Å². The fourth-order valence-corrected chi connectivity index (χ4v) is 4.19. The van der Waals surface area contributed by atoms with Gasteiger partial charge in [0.1, 0.15) is 15.0 Å². The molecule has 0 heterocycles. The van der Waals surface area contributed by atoms with Crippen molar-refractivity contribution in [1.29, 1.82) is 0 Å². The number of nitro benzene ring substituents is 1. The fourth-order valence-electron chi connectivity index (χ4n) is 2.08. The molecule has 9 nitrogen and oxygen atoms in total. The molecule has 2 aromatic carbocycles. The van der Waals surface area contributed by atoms with Crippen molar-refractivity contribution in [1.82, 2.24) is 0 Å². The van der Waals surface area contributed by atoms with Gasteiger partial charge in [-0.1, -0.05) is 34.1 Å². The zero-order valence-electron chi connectivity index (χ0n) is 13.6. The maximum absolute atomic E-state index is 11.4. The minimum atomic E-state index is -5.06. The quantitative estimate of drug-likeness (QED) is 0.191. The molecule has 0 radical (unpaired) electrons. The van der Waals surface area contributed by atoms with Gasteiger partial charge in [-0.3, -0.25) is 14.7 Å². The van der Waals surface area contributed by atoms with Gasteiger partial charge < -0.3 is 4.55 Å². The summed E-state index contributed by atoms with van der Waals surface area (Å²) in [5.41, 5.74) is -0.785. The van der Waals surface area contributed by atoms with E-state index in [9.17, 15) is 36.1 Å². The van der Waals surface area contributed by atoms with Crippen LogP contribution < -0.4 is 51.4 Å². The largest absolute Gasteiger partial charge is 1.00 e. The first kappa shape index (κ1) is 24.6. The topological polar surface area (TPSA) is 155 Å². The van der Waals surface area contributed by atoms with Gasteiger partial charge in [0.2, 0.25) is 0 Å². The van der Waals surface area contributed by atoms with Gasteiger partial charge in [0, 0.05) is 22.2 Å². The van der Waals surface area contributed by atoms with Gasteiger partial charge in [0.15, 0.2) is 0 Å². The summed E-state index contributed by atoms with van der Waals surface area (Å²) >= 11 is 3.04. The molecule has 1 N–H and O–H groups in total. The maximum atomic E-state index is 11.4. The van der Waals surface area contributed by atoms with Gasteiger partial charge in [-0.2, -0.15) is 8.42 Å². The van der Waals surface area contributed by atoms with Gasteiger partial charge in [-0.05, 0) is 23.8 Å². The molecule has 27 heavy (non-hydrogen) atoms. The molecule has 0 fully saturated rings. The number of non-ortho nitro benzene ring substituents is 1. The Kier molecular flexibility index (Phi) is 8.50. The normalized spacial score (nSPS) is 12.3. The second kappa shape index (κ2) is 9.34. The Morgan fingerprint density at radius 2 is 1.67 bits per heavy atom. The third kappa shape index (κ3) is 6.25. The minimum Gasteiger partial charge on any atom is -0.744 e. The maximum Gasteiger partial charge on any atom is 1.00 e. The van der Waals surface area contributed by atoms with Gasteiger partial charge in [0.25, 0.3) is 15.8 Å². The van der Waals surface area contributed by atoms with E-state index in [-0.39, 0.29) is 67.0 Å². The molecule has 0 aliphatic carbocycles. The summed E-state index contributed by atoms with van der Waals surface area (Å²) in [6.07, 6.45) is 1.17. The summed E-state index contributed by atoms with van der Waals surface area (Å²) in [7, 11) is -9.61. The first-order valence-corrected chi connectivity index (χ1v) is 10.2. The number of halogens is 1. The van der Waals surface area contributed by atoms with Crippen LogP contribution in [0.15, 0.2) is 52.3 Å². The molecule has 13 heteroatoms. The van der Waals surface area contributed by atoms with E-state index in [4.69, 9.17) is 0 Å². The molecule has 0 atom stereocenters. The molecule has 2 rings (SSSR count). The van der Waals surface area contributed by atoms with E-state index in [2.05, 4.69) is 15.9 Å². The van der Waals surface area contributed by atoms with E-state index in [1.165, 1.54) is 24.3 Å². The Morgan fingerprint density at radius 1 is 1.07 bits per heavy atom. The van der Waals surface area contributed by atoms with Crippen LogP contribution in [0.2, 0.25) is 0 Å². The fraction of sp³-hybridized carbons (Fsp3) is 0. The molecule has 0 aromatic heterocycles. The third-order valence-corrected chi connectivity index (χ3v) is 5.64. The van der Waals surface area contributed by atoms with Gasteiger partial charge >= 0.3 is 51.4 Å². The molecule has 0 bridgehead atoms. The SMILES string of the molecule is O=[N+]([O-])c1ccc(/C(Br)=C\c2ccccc2S(=O)(=O)O)c(S(=O)(=O)[O-])c1.[K+]. The number of rotatable bonds is 5. The van der Waals surface area contributed by atoms with Crippen molar-refractivity contribution >= 4 is 52.4 Å². The number of hydrogen-bond acceptors (Lipinski definition) is 7. The summed E-state index contributed by atoms with van der Waals surface area (Å²) in [4.78, 5) is 8.65. The molecular weight excluding hydrogens is 493 g/mol. The predicted molar refractivity (Wildman–Crippen MR) is 94.1 cm³/mol. The first-order chi connectivity index (χ1) is 11.9. The molecular formula is C14H9BrKNO8S2. The van der Waals surface area contributed by atoms with Crippen molar-refractivity contribution in [3.8, 4) is 0 Å². The predicted octanol–water partition coefficient (Wildman–Crippen LogP) is -0.357. The smallest absolute Gasteiger partial charge is 0.744 e. The number of nitro groups is 1. The monoisotopic (exact) mass is 501 g/mol. The van der Waals surface area contributed by atoms with Gasteiger partial charge in [-0.15, -0.1) is 0 Å². The standard InChI is InChI=1S/C14H10BrNO8S2.K/c15-12(7-9-3-1-2-4-13(9)25(19,20)21)11-6-5-10(16(17)18)8-14(11)26(22,23)24;/h1-8H,(H,19,20,21)(H,22,23,24);/q;+1/p-1/b12-7+;. The minimum absolute atomic E-state index is 0. The van der Waals surface area contributed by atoms with Crippen LogP contribution in [-0.2, 0) is 20.2 Å². The Labute approximate surface area is 205 Å². The van der Waals surface area contributed by atoms with Crippen LogP contribution in [0.3, 0.4) is 0 Å². The summed E-state index contributed by atoms with van der Waals surface area (Å²) in [6, 6.07) is 7.95. The van der Waals surface area contributed by atoms with Crippen LogP contribution in [0.25, 0.3) is 10.6 Å². The average molecular weight is 502 g/mol. The van der Waals surface area contributed by atoms with Crippen molar-refractivity contribution in [2.75, 3.05) is 0 Å². The summed E-state index contributed by atoms with van der Waals surface area (Å²) in [5, 5.41) is 10.8. The number of benzene rings is 2. The van der Waals surface area contributed by atoms with E-state index in [1.807, 2.05) is 0 Å². The van der Waals surface area contributed by atoms with E-state index in [1.54, 1.807) is 0 Å². The van der Waals surface area contributed by atoms with Crippen LogP contribution in [0.4, 0.5) is 5.69 Å². The second-order valence-corrected chi connectivity index (χ2v) is 8.49. The zero-order valence-corrected chi connectivity index (χ0v) is 19.9. The molecule has 0 aliphatic rings. The summed E-state index contributed by atoms with van der Waals surface area (Å²) < 4.78 is 66.4. The number of hydrogen-bond donors (Lipinski definition) is 1. The average Bonchev–Trinajstić information content (AvgIpc) is 2.52.